The number of amides is 1. The molecule has 1 amide bonds. The normalized spacial score (nSPS) is 22.0. The summed E-state index contributed by atoms with van der Waals surface area (Å²) in [4.78, 5) is 26.8. The number of carbonyl (C=O) groups is 1. The Labute approximate surface area is 172 Å². The summed E-state index contributed by atoms with van der Waals surface area (Å²) < 4.78 is 5.94. The minimum Gasteiger partial charge on any atom is -0.372 e. The van der Waals surface area contributed by atoms with Crippen LogP contribution in [0.25, 0.3) is 11.4 Å². The molecule has 29 heavy (non-hydrogen) atoms. The van der Waals surface area contributed by atoms with Crippen LogP contribution in [0.3, 0.4) is 0 Å². The van der Waals surface area contributed by atoms with Crippen LogP contribution in [0.4, 0.5) is 5.82 Å². The summed E-state index contributed by atoms with van der Waals surface area (Å²) in [5.41, 5.74) is 3.17. The molecule has 1 aromatic heterocycles. The molecule has 0 radical (unpaired) electrons. The molecule has 2 aliphatic heterocycles. The van der Waals surface area contributed by atoms with Gasteiger partial charge in [-0.15, -0.1) is 0 Å². The van der Waals surface area contributed by atoms with Gasteiger partial charge in [-0.3, -0.25) is 4.79 Å². The van der Waals surface area contributed by atoms with E-state index in [2.05, 4.69) is 18.7 Å². The Morgan fingerprint density at radius 3 is 2.45 bits per heavy atom. The molecule has 3 heterocycles. The minimum atomic E-state index is -0.00654. The Bertz CT molecular complexity index is 874. The minimum absolute atomic E-state index is 0.00654. The predicted molar refractivity (Wildman–Crippen MR) is 114 cm³/mol. The fraction of sp³-hybridized carbons (Fsp3) is 0.522. The van der Waals surface area contributed by atoms with Crippen LogP contribution in [0.2, 0.25) is 0 Å². The van der Waals surface area contributed by atoms with Crippen molar-refractivity contribution in [1.29, 1.82) is 0 Å². The molecule has 2 aliphatic rings. The first-order chi connectivity index (χ1) is 13.9. The molecule has 6 nitrogen and oxygen atoms in total. The molecule has 154 valence electrons. The average molecular weight is 395 g/mol. The van der Waals surface area contributed by atoms with E-state index >= 15 is 0 Å². The van der Waals surface area contributed by atoms with Crippen LogP contribution < -0.4 is 4.90 Å². The van der Waals surface area contributed by atoms with Gasteiger partial charge in [0.2, 0.25) is 5.91 Å². The van der Waals surface area contributed by atoms with Gasteiger partial charge in [0, 0.05) is 43.1 Å². The molecule has 0 saturated carbocycles. The third-order valence-electron chi connectivity index (χ3n) is 5.60. The molecule has 1 fully saturated rings. The number of fused-ring (bicyclic) bond motifs is 1. The van der Waals surface area contributed by atoms with Crippen LogP contribution in [0.1, 0.15) is 39.0 Å². The Hall–Kier alpha value is -2.47. The van der Waals surface area contributed by atoms with Crippen LogP contribution in [0.15, 0.2) is 30.3 Å². The lowest BCUT2D eigenvalue weighted by Gasteiger charge is -2.39. The Balaban J connectivity index is 1.77. The quantitative estimate of drug-likeness (QED) is 0.799. The Morgan fingerprint density at radius 2 is 1.79 bits per heavy atom. The van der Waals surface area contributed by atoms with E-state index in [1.165, 1.54) is 0 Å². The monoisotopic (exact) mass is 394 g/mol. The van der Waals surface area contributed by atoms with Crippen molar-refractivity contribution in [3.63, 3.8) is 0 Å². The molecule has 0 unspecified atom stereocenters. The first-order valence-corrected chi connectivity index (χ1v) is 10.6. The zero-order valence-corrected chi connectivity index (χ0v) is 17.8. The highest BCUT2D eigenvalue weighted by Crippen LogP contribution is 2.31. The van der Waals surface area contributed by atoms with Crippen LogP contribution >= 0.6 is 0 Å². The van der Waals surface area contributed by atoms with E-state index in [0.717, 1.165) is 48.0 Å². The topological polar surface area (TPSA) is 58.6 Å². The summed E-state index contributed by atoms with van der Waals surface area (Å²) >= 11 is 0. The van der Waals surface area contributed by atoms with Gasteiger partial charge in [0.15, 0.2) is 5.82 Å². The summed E-state index contributed by atoms with van der Waals surface area (Å²) in [5, 5.41) is 0. The molecular formula is C23H30N4O2. The largest absolute Gasteiger partial charge is 0.372 e. The number of hydrogen-bond donors (Lipinski definition) is 0. The first-order valence-electron chi connectivity index (χ1n) is 10.6. The van der Waals surface area contributed by atoms with Crippen LogP contribution in [0, 0.1) is 5.92 Å². The Kier molecular flexibility index (Phi) is 5.54. The second kappa shape index (κ2) is 8.11. The van der Waals surface area contributed by atoms with Crippen LogP contribution in [-0.2, 0) is 22.5 Å². The van der Waals surface area contributed by atoms with Gasteiger partial charge < -0.3 is 14.5 Å². The highest BCUT2D eigenvalue weighted by atomic mass is 16.5. The summed E-state index contributed by atoms with van der Waals surface area (Å²) in [7, 11) is 0. The molecule has 0 spiro atoms. The van der Waals surface area contributed by atoms with Crippen molar-refractivity contribution in [2.45, 2.75) is 52.9 Å². The maximum Gasteiger partial charge on any atom is 0.225 e. The number of rotatable bonds is 3. The third-order valence-corrected chi connectivity index (χ3v) is 5.60. The van der Waals surface area contributed by atoms with Gasteiger partial charge in [0.25, 0.3) is 0 Å². The predicted octanol–water partition coefficient (Wildman–Crippen LogP) is 3.30. The van der Waals surface area contributed by atoms with Crippen molar-refractivity contribution in [1.82, 2.24) is 14.9 Å². The van der Waals surface area contributed by atoms with Crippen molar-refractivity contribution in [2.24, 2.45) is 5.92 Å². The summed E-state index contributed by atoms with van der Waals surface area (Å²) in [6.45, 7) is 11.0. The van der Waals surface area contributed by atoms with Gasteiger partial charge in [-0.1, -0.05) is 44.2 Å². The van der Waals surface area contributed by atoms with E-state index in [4.69, 9.17) is 14.7 Å². The fourth-order valence-electron chi connectivity index (χ4n) is 4.28. The van der Waals surface area contributed by atoms with Crippen molar-refractivity contribution < 1.29 is 9.53 Å². The summed E-state index contributed by atoms with van der Waals surface area (Å²) in [6.07, 6.45) is 1.04. The number of aromatic nitrogens is 2. The number of ether oxygens (including phenoxy) is 1. The highest BCUT2D eigenvalue weighted by molar-refractivity contribution is 5.78. The number of hydrogen-bond acceptors (Lipinski definition) is 5. The van der Waals surface area contributed by atoms with Gasteiger partial charge in [0.1, 0.15) is 5.82 Å². The number of nitrogens with zero attached hydrogens (tertiary/aromatic N) is 4. The smallest absolute Gasteiger partial charge is 0.225 e. The molecule has 2 aromatic rings. The highest BCUT2D eigenvalue weighted by Gasteiger charge is 2.31. The number of morpholine rings is 1. The van der Waals surface area contributed by atoms with E-state index < -0.39 is 0 Å². The van der Waals surface area contributed by atoms with Gasteiger partial charge in [-0.25, -0.2) is 9.97 Å². The van der Waals surface area contributed by atoms with E-state index in [9.17, 15) is 4.79 Å². The molecular weight excluding hydrogens is 364 g/mol. The van der Waals surface area contributed by atoms with Crippen molar-refractivity contribution in [3.05, 3.63) is 41.6 Å². The van der Waals surface area contributed by atoms with E-state index in [1.807, 2.05) is 49.1 Å². The number of carbonyl (C=O) groups excluding carboxylic acids is 1. The molecule has 1 aromatic carbocycles. The molecule has 1 saturated heterocycles. The van der Waals surface area contributed by atoms with E-state index in [0.29, 0.717) is 13.1 Å². The lowest BCUT2D eigenvalue weighted by atomic mass is 10.0. The third kappa shape index (κ3) is 4.13. The number of anilines is 1. The summed E-state index contributed by atoms with van der Waals surface area (Å²) in [5.74, 6) is 1.90. The van der Waals surface area contributed by atoms with E-state index in [-0.39, 0.29) is 24.0 Å². The van der Waals surface area contributed by atoms with E-state index in [1.54, 1.807) is 0 Å². The second-order valence-corrected chi connectivity index (χ2v) is 8.49. The molecule has 4 rings (SSSR count). The molecule has 0 N–H and O–H groups in total. The lowest BCUT2D eigenvalue weighted by molar-refractivity contribution is -0.135. The van der Waals surface area contributed by atoms with Crippen LogP contribution in [0.5, 0.6) is 0 Å². The van der Waals surface area contributed by atoms with Gasteiger partial charge in [-0.2, -0.15) is 0 Å². The molecule has 0 bridgehead atoms. The fourth-order valence-corrected chi connectivity index (χ4v) is 4.28. The second-order valence-electron chi connectivity index (χ2n) is 8.49. The van der Waals surface area contributed by atoms with Gasteiger partial charge >= 0.3 is 0 Å². The molecule has 2 atom stereocenters. The maximum atomic E-state index is 12.6. The van der Waals surface area contributed by atoms with Gasteiger partial charge in [0.05, 0.1) is 24.4 Å². The number of benzene rings is 1. The van der Waals surface area contributed by atoms with Crippen LogP contribution in [-0.4, -0.2) is 52.6 Å². The summed E-state index contributed by atoms with van der Waals surface area (Å²) in [6, 6.07) is 10.1. The van der Waals surface area contributed by atoms with Crippen molar-refractivity contribution >= 4 is 11.7 Å². The SMILES string of the molecule is CC(C)C(=O)N1CCc2nc(-c3ccccc3)nc(N3C[C@@H](C)O[C@H](C)C3)c2C1. The van der Waals surface area contributed by atoms with Crippen molar-refractivity contribution in [3.8, 4) is 11.4 Å². The maximum absolute atomic E-state index is 12.6. The Morgan fingerprint density at radius 1 is 1.10 bits per heavy atom. The first kappa shape index (κ1) is 19.8. The van der Waals surface area contributed by atoms with Crippen molar-refractivity contribution in [2.75, 3.05) is 24.5 Å². The molecule has 0 aliphatic carbocycles. The average Bonchev–Trinajstić information content (AvgIpc) is 2.71. The zero-order valence-electron chi connectivity index (χ0n) is 17.8. The standard InChI is InChI=1S/C23H30N4O2/c1-15(2)23(28)26-11-10-20-19(14-26)22(27-12-16(3)29-17(4)13-27)25-21(24-20)18-8-6-5-7-9-18/h5-9,15-17H,10-14H2,1-4H3/t16-,17-/m1/s1. The lowest BCUT2D eigenvalue weighted by Crippen LogP contribution is -2.47. The zero-order chi connectivity index (χ0) is 20.5. The van der Waals surface area contributed by atoms with Gasteiger partial charge in [-0.05, 0) is 13.8 Å². The molecule has 6 heteroatoms.